The first-order valence-electron chi connectivity index (χ1n) is 7.03. The van der Waals surface area contributed by atoms with Crippen molar-refractivity contribution in [3.63, 3.8) is 0 Å². The van der Waals surface area contributed by atoms with Gasteiger partial charge in [-0.1, -0.05) is 44.2 Å². The fraction of sp³-hybridized carbons (Fsp3) is 0.438. The lowest BCUT2D eigenvalue weighted by atomic mass is 10.1. The van der Waals surface area contributed by atoms with E-state index in [9.17, 15) is 4.79 Å². The van der Waals surface area contributed by atoms with E-state index in [-0.39, 0.29) is 11.9 Å². The van der Waals surface area contributed by atoms with E-state index in [0.717, 1.165) is 31.5 Å². The molecule has 0 spiro atoms. The normalized spacial score (nSPS) is 20.1. The summed E-state index contributed by atoms with van der Waals surface area (Å²) >= 11 is 0. The maximum absolute atomic E-state index is 12.2. The van der Waals surface area contributed by atoms with Gasteiger partial charge >= 0.3 is 0 Å². The Bertz CT molecular complexity index is 465. The Morgan fingerprint density at radius 3 is 2.53 bits per heavy atom. The molecule has 1 aliphatic rings. The minimum atomic E-state index is -0.145. The molecule has 0 saturated heterocycles. The highest BCUT2D eigenvalue weighted by Gasteiger charge is 2.23. The number of carbonyl (C=O) groups excluding carboxylic acids is 1. The van der Waals surface area contributed by atoms with Gasteiger partial charge in [0.15, 0.2) is 0 Å². The van der Waals surface area contributed by atoms with Crippen LogP contribution in [0.5, 0.6) is 0 Å². The highest BCUT2D eigenvalue weighted by atomic mass is 16.2. The molecule has 0 unspecified atom stereocenters. The third kappa shape index (κ3) is 3.44. The van der Waals surface area contributed by atoms with Crippen LogP contribution in [0.25, 0.3) is 0 Å². The second-order valence-electron chi connectivity index (χ2n) is 4.90. The lowest BCUT2D eigenvalue weighted by Gasteiger charge is -2.15. The molecule has 0 bridgehead atoms. The summed E-state index contributed by atoms with van der Waals surface area (Å²) in [5.41, 5.74) is 3.59. The van der Waals surface area contributed by atoms with Gasteiger partial charge in [-0.2, -0.15) is 0 Å². The van der Waals surface area contributed by atoms with Crippen molar-refractivity contribution >= 4 is 5.91 Å². The number of carbonyl (C=O) groups is 1. The van der Waals surface area contributed by atoms with Crippen molar-refractivity contribution in [2.45, 2.75) is 39.2 Å². The van der Waals surface area contributed by atoms with Crippen LogP contribution in [-0.4, -0.2) is 18.5 Å². The van der Waals surface area contributed by atoms with Crippen LogP contribution >= 0.6 is 0 Å². The molecule has 0 radical (unpaired) electrons. The lowest BCUT2D eigenvalue weighted by molar-refractivity contribution is -0.122. The maximum atomic E-state index is 12.2. The summed E-state index contributed by atoms with van der Waals surface area (Å²) < 4.78 is 0. The molecule has 1 amide bonds. The van der Waals surface area contributed by atoms with Crippen LogP contribution in [-0.2, 0) is 11.2 Å². The largest absolute Gasteiger partial charge is 0.328 e. The minimum Gasteiger partial charge on any atom is -0.328 e. The number of hydrogen-bond donors (Lipinski definition) is 2. The number of nitrogens with one attached hydrogen (secondary N) is 2. The molecule has 0 aromatic heterocycles. The Hall–Kier alpha value is -1.61. The first-order valence-corrected chi connectivity index (χ1v) is 7.03. The van der Waals surface area contributed by atoms with E-state index < -0.39 is 0 Å². The molecule has 1 aromatic rings. The summed E-state index contributed by atoms with van der Waals surface area (Å²) in [5, 5.41) is 6.45. The van der Waals surface area contributed by atoms with Crippen LogP contribution in [0.1, 0.15) is 32.3 Å². The van der Waals surface area contributed by atoms with Gasteiger partial charge in [-0.25, -0.2) is 0 Å². The van der Waals surface area contributed by atoms with Crippen molar-refractivity contribution in [2.75, 3.05) is 6.54 Å². The third-order valence-corrected chi connectivity index (χ3v) is 3.64. The van der Waals surface area contributed by atoms with Crippen molar-refractivity contribution in [1.82, 2.24) is 10.6 Å². The summed E-state index contributed by atoms with van der Waals surface area (Å²) in [6.07, 6.45) is 2.60. The molecular formula is C16H22N2O. The fourth-order valence-corrected chi connectivity index (χ4v) is 2.46. The van der Waals surface area contributed by atoms with E-state index in [1.54, 1.807) is 0 Å². The lowest BCUT2D eigenvalue weighted by Crippen LogP contribution is -2.43. The fourth-order valence-electron chi connectivity index (χ4n) is 2.46. The molecule has 2 rings (SSSR count). The van der Waals surface area contributed by atoms with Gasteiger partial charge in [-0.05, 0) is 30.4 Å². The molecule has 0 fully saturated rings. The van der Waals surface area contributed by atoms with Crippen LogP contribution in [0.3, 0.4) is 0 Å². The van der Waals surface area contributed by atoms with E-state index in [1.165, 1.54) is 11.1 Å². The monoisotopic (exact) mass is 258 g/mol. The van der Waals surface area contributed by atoms with Gasteiger partial charge in [0.2, 0.25) is 5.91 Å². The predicted molar refractivity (Wildman–Crippen MR) is 77.7 cm³/mol. The predicted octanol–water partition coefficient (Wildman–Crippen LogP) is 2.39. The summed E-state index contributed by atoms with van der Waals surface area (Å²) in [5.74, 6) is 0.0872. The molecule has 0 aliphatic carbocycles. The first-order chi connectivity index (χ1) is 9.24. The van der Waals surface area contributed by atoms with Gasteiger partial charge in [0.25, 0.3) is 0 Å². The Morgan fingerprint density at radius 1 is 1.16 bits per heavy atom. The minimum absolute atomic E-state index is 0.0872. The third-order valence-electron chi connectivity index (χ3n) is 3.64. The average molecular weight is 258 g/mol. The van der Waals surface area contributed by atoms with Crippen LogP contribution in [0, 0.1) is 0 Å². The van der Waals surface area contributed by atoms with Gasteiger partial charge in [0, 0.05) is 12.2 Å². The molecule has 0 saturated carbocycles. The average Bonchev–Trinajstić information content (AvgIpc) is 2.60. The highest BCUT2D eigenvalue weighted by Crippen LogP contribution is 2.14. The van der Waals surface area contributed by atoms with Gasteiger partial charge in [0.1, 0.15) is 0 Å². The number of hydrogen-bond acceptors (Lipinski definition) is 2. The zero-order chi connectivity index (χ0) is 13.7. The molecule has 102 valence electrons. The van der Waals surface area contributed by atoms with Crippen molar-refractivity contribution in [3.05, 3.63) is 47.2 Å². The molecule has 3 nitrogen and oxygen atoms in total. The van der Waals surface area contributed by atoms with Crippen molar-refractivity contribution in [3.8, 4) is 0 Å². The van der Waals surface area contributed by atoms with Gasteiger partial charge in [-0.3, -0.25) is 4.79 Å². The Kier molecular flexibility index (Phi) is 4.74. The van der Waals surface area contributed by atoms with E-state index >= 15 is 0 Å². The molecule has 1 aliphatic heterocycles. The molecule has 1 heterocycles. The second kappa shape index (κ2) is 6.53. The molecule has 1 aromatic carbocycles. The van der Waals surface area contributed by atoms with Crippen molar-refractivity contribution < 1.29 is 4.79 Å². The maximum Gasteiger partial charge on any atom is 0.241 e. The van der Waals surface area contributed by atoms with E-state index in [2.05, 4.69) is 36.6 Å². The smallest absolute Gasteiger partial charge is 0.241 e. The summed E-state index contributed by atoms with van der Waals surface area (Å²) in [6.45, 7) is 5.02. The SMILES string of the molecule is CCC1=C(CC)NC(=O)[C@H](Cc2ccccc2)NC1. The van der Waals surface area contributed by atoms with Crippen molar-refractivity contribution in [2.24, 2.45) is 0 Å². The topological polar surface area (TPSA) is 41.1 Å². The molecule has 19 heavy (non-hydrogen) atoms. The van der Waals surface area contributed by atoms with E-state index in [1.807, 2.05) is 18.2 Å². The summed E-state index contributed by atoms with van der Waals surface area (Å²) in [4.78, 5) is 12.2. The van der Waals surface area contributed by atoms with Gasteiger partial charge in [0.05, 0.1) is 6.04 Å². The number of rotatable bonds is 4. The zero-order valence-corrected chi connectivity index (χ0v) is 11.7. The van der Waals surface area contributed by atoms with Crippen molar-refractivity contribution in [1.29, 1.82) is 0 Å². The number of benzene rings is 1. The zero-order valence-electron chi connectivity index (χ0n) is 11.7. The Labute approximate surface area is 115 Å². The van der Waals surface area contributed by atoms with Gasteiger partial charge in [-0.15, -0.1) is 0 Å². The highest BCUT2D eigenvalue weighted by molar-refractivity contribution is 5.84. The molecule has 2 N–H and O–H groups in total. The quantitative estimate of drug-likeness (QED) is 0.870. The van der Waals surface area contributed by atoms with Gasteiger partial charge < -0.3 is 10.6 Å². The molecule has 1 atom stereocenters. The molecule has 3 heteroatoms. The Balaban J connectivity index is 2.08. The second-order valence-corrected chi connectivity index (χ2v) is 4.90. The molecular weight excluding hydrogens is 236 g/mol. The summed E-state index contributed by atoms with van der Waals surface area (Å²) in [7, 11) is 0. The summed E-state index contributed by atoms with van der Waals surface area (Å²) in [6, 6.07) is 10.0. The standard InChI is InChI=1S/C16H22N2O/c1-3-13-11-17-15(16(19)18-14(13)4-2)10-12-8-6-5-7-9-12/h5-9,15,17H,3-4,10-11H2,1-2H3,(H,18,19)/t15-/m0/s1. The number of allylic oxidation sites excluding steroid dienone is 1. The van der Waals surface area contributed by atoms with E-state index in [0.29, 0.717) is 0 Å². The van der Waals surface area contributed by atoms with Crippen LogP contribution in [0.4, 0.5) is 0 Å². The Morgan fingerprint density at radius 2 is 1.89 bits per heavy atom. The van der Waals surface area contributed by atoms with Crippen LogP contribution in [0.2, 0.25) is 0 Å². The van der Waals surface area contributed by atoms with E-state index in [4.69, 9.17) is 0 Å². The van der Waals surface area contributed by atoms with Crippen LogP contribution in [0.15, 0.2) is 41.6 Å². The number of amides is 1. The van der Waals surface area contributed by atoms with Crippen LogP contribution < -0.4 is 10.6 Å². The first kappa shape index (κ1) is 13.8.